The highest BCUT2D eigenvalue weighted by Gasteiger charge is 2.18. The first-order valence-corrected chi connectivity index (χ1v) is 8.66. The maximum absolute atomic E-state index is 11.0. The van der Waals surface area contributed by atoms with Gasteiger partial charge in [0.1, 0.15) is 17.2 Å². The molecule has 0 bridgehead atoms. The standard InChI is InChI=1S/C22H18O7/c23-18-11-19(24)17(10-13-3-7-15(8-4-13)22(28)29)20(25)16(18)9-12-1-5-14(6-2-12)21(26)27/h1-8,11,23-25H,9-10H2,(H,26,27)(H,28,29). The molecule has 0 saturated heterocycles. The van der Waals surface area contributed by atoms with Crippen molar-refractivity contribution in [2.24, 2.45) is 0 Å². The van der Waals surface area contributed by atoms with Crippen molar-refractivity contribution in [2.75, 3.05) is 0 Å². The van der Waals surface area contributed by atoms with Crippen LogP contribution in [-0.2, 0) is 12.8 Å². The quantitative estimate of drug-likeness (QED) is 0.432. The van der Waals surface area contributed by atoms with Crippen LogP contribution in [0.5, 0.6) is 17.2 Å². The summed E-state index contributed by atoms with van der Waals surface area (Å²) >= 11 is 0. The zero-order valence-electron chi connectivity index (χ0n) is 15.2. The highest BCUT2D eigenvalue weighted by atomic mass is 16.4. The molecule has 0 spiro atoms. The van der Waals surface area contributed by atoms with Crippen LogP contribution in [0, 0.1) is 0 Å². The molecule has 3 aromatic carbocycles. The second-order valence-corrected chi connectivity index (χ2v) is 6.58. The maximum Gasteiger partial charge on any atom is 0.335 e. The van der Waals surface area contributed by atoms with Crippen LogP contribution in [0.1, 0.15) is 43.0 Å². The van der Waals surface area contributed by atoms with Crippen molar-refractivity contribution in [3.8, 4) is 17.2 Å². The molecule has 5 N–H and O–H groups in total. The monoisotopic (exact) mass is 394 g/mol. The van der Waals surface area contributed by atoms with E-state index in [2.05, 4.69) is 0 Å². The lowest BCUT2D eigenvalue weighted by Crippen LogP contribution is -1.99. The third-order valence-corrected chi connectivity index (χ3v) is 4.63. The van der Waals surface area contributed by atoms with Crippen LogP contribution >= 0.6 is 0 Å². The van der Waals surface area contributed by atoms with Gasteiger partial charge in [-0.1, -0.05) is 24.3 Å². The van der Waals surface area contributed by atoms with Gasteiger partial charge in [-0.25, -0.2) is 9.59 Å². The largest absolute Gasteiger partial charge is 0.507 e. The van der Waals surface area contributed by atoms with Gasteiger partial charge < -0.3 is 25.5 Å². The summed E-state index contributed by atoms with van der Waals surface area (Å²) in [4.78, 5) is 21.9. The molecule has 0 aliphatic carbocycles. The molecule has 0 atom stereocenters. The Morgan fingerprint density at radius 3 is 1.28 bits per heavy atom. The molecule has 0 radical (unpaired) electrons. The molecule has 0 aliphatic rings. The molecule has 0 unspecified atom stereocenters. The SMILES string of the molecule is O=C(O)c1ccc(Cc2c(O)cc(O)c(Cc3ccc(C(=O)O)cc3)c2O)cc1. The highest BCUT2D eigenvalue weighted by Crippen LogP contribution is 2.39. The first-order valence-electron chi connectivity index (χ1n) is 8.66. The average Bonchev–Trinajstić information content (AvgIpc) is 2.69. The summed E-state index contributed by atoms with van der Waals surface area (Å²) in [6.07, 6.45) is 0.256. The second-order valence-electron chi connectivity index (χ2n) is 6.58. The van der Waals surface area contributed by atoms with Gasteiger partial charge in [0, 0.05) is 30.0 Å². The van der Waals surface area contributed by atoms with E-state index in [1.807, 2.05) is 0 Å². The van der Waals surface area contributed by atoms with E-state index < -0.39 is 11.9 Å². The van der Waals surface area contributed by atoms with E-state index in [4.69, 9.17) is 10.2 Å². The topological polar surface area (TPSA) is 135 Å². The fourth-order valence-corrected chi connectivity index (χ4v) is 3.02. The number of hydrogen-bond acceptors (Lipinski definition) is 5. The third-order valence-electron chi connectivity index (χ3n) is 4.63. The number of aromatic carboxylic acids is 2. The Balaban J connectivity index is 1.91. The summed E-state index contributed by atoms with van der Waals surface area (Å²) in [5.74, 6) is -2.95. The number of hydrogen-bond donors (Lipinski definition) is 5. The Morgan fingerprint density at radius 2 is 0.966 bits per heavy atom. The molecule has 0 aliphatic heterocycles. The van der Waals surface area contributed by atoms with Crippen molar-refractivity contribution in [3.63, 3.8) is 0 Å². The number of carboxylic acid groups (broad SMARTS) is 2. The van der Waals surface area contributed by atoms with Crippen molar-refractivity contribution in [1.29, 1.82) is 0 Å². The number of carbonyl (C=O) groups is 2. The number of benzene rings is 3. The van der Waals surface area contributed by atoms with Gasteiger partial charge in [0.05, 0.1) is 11.1 Å². The van der Waals surface area contributed by atoms with E-state index in [0.29, 0.717) is 11.1 Å². The second kappa shape index (κ2) is 7.93. The number of aromatic hydroxyl groups is 3. The molecule has 29 heavy (non-hydrogen) atoms. The minimum absolute atomic E-state index is 0.124. The van der Waals surface area contributed by atoms with Crippen LogP contribution < -0.4 is 0 Å². The normalized spacial score (nSPS) is 10.6. The molecule has 0 aromatic heterocycles. The van der Waals surface area contributed by atoms with Crippen molar-refractivity contribution in [1.82, 2.24) is 0 Å². The zero-order chi connectivity index (χ0) is 21.1. The first-order chi connectivity index (χ1) is 13.8. The number of phenols is 3. The smallest absolute Gasteiger partial charge is 0.335 e. The lowest BCUT2D eigenvalue weighted by atomic mass is 9.95. The van der Waals surface area contributed by atoms with Gasteiger partial charge >= 0.3 is 11.9 Å². The Kier molecular flexibility index (Phi) is 5.40. The highest BCUT2D eigenvalue weighted by molar-refractivity contribution is 5.88. The minimum atomic E-state index is -1.05. The Bertz CT molecular complexity index is 984. The molecule has 7 heteroatoms. The van der Waals surface area contributed by atoms with E-state index in [-0.39, 0.29) is 52.3 Å². The van der Waals surface area contributed by atoms with Crippen LogP contribution in [0.15, 0.2) is 54.6 Å². The summed E-state index contributed by atoms with van der Waals surface area (Å²) < 4.78 is 0. The van der Waals surface area contributed by atoms with E-state index in [0.717, 1.165) is 6.07 Å². The van der Waals surface area contributed by atoms with Crippen LogP contribution in [0.4, 0.5) is 0 Å². The molecule has 148 valence electrons. The van der Waals surface area contributed by atoms with Crippen LogP contribution in [0.2, 0.25) is 0 Å². The predicted octanol–water partition coefficient (Wildman–Crippen LogP) is 3.38. The maximum atomic E-state index is 11.0. The van der Waals surface area contributed by atoms with Gasteiger partial charge in [0.15, 0.2) is 0 Å². The van der Waals surface area contributed by atoms with Gasteiger partial charge in [-0.2, -0.15) is 0 Å². The molecule has 0 amide bonds. The van der Waals surface area contributed by atoms with Gasteiger partial charge in [-0.15, -0.1) is 0 Å². The molecule has 0 heterocycles. The van der Waals surface area contributed by atoms with Crippen molar-refractivity contribution in [3.05, 3.63) is 88.0 Å². The third kappa shape index (κ3) is 4.30. The van der Waals surface area contributed by atoms with Crippen LogP contribution in [-0.4, -0.2) is 37.5 Å². The summed E-state index contributed by atoms with van der Waals surface area (Å²) in [5, 5.41) is 49.0. The van der Waals surface area contributed by atoms with Gasteiger partial charge in [-0.3, -0.25) is 0 Å². The molecule has 3 rings (SSSR count). The molecule has 7 nitrogen and oxygen atoms in total. The summed E-state index contributed by atoms with van der Waals surface area (Å²) in [6, 6.07) is 13.2. The average molecular weight is 394 g/mol. The molecular formula is C22H18O7. The summed E-state index contributed by atoms with van der Waals surface area (Å²) in [5.41, 5.74) is 1.98. The van der Waals surface area contributed by atoms with Crippen molar-refractivity contribution in [2.45, 2.75) is 12.8 Å². The Labute approximate surface area is 165 Å². The predicted molar refractivity (Wildman–Crippen MR) is 104 cm³/mol. The summed E-state index contributed by atoms with van der Waals surface area (Å²) in [7, 11) is 0. The number of phenolic OH excluding ortho intramolecular Hbond substituents is 3. The molecule has 0 saturated carbocycles. The zero-order valence-corrected chi connectivity index (χ0v) is 15.2. The fourth-order valence-electron chi connectivity index (χ4n) is 3.02. The van der Waals surface area contributed by atoms with E-state index in [1.165, 1.54) is 24.3 Å². The van der Waals surface area contributed by atoms with Gasteiger partial charge in [0.25, 0.3) is 0 Å². The van der Waals surface area contributed by atoms with E-state index in [1.54, 1.807) is 24.3 Å². The van der Waals surface area contributed by atoms with Gasteiger partial charge in [0.2, 0.25) is 0 Å². The Morgan fingerprint density at radius 1 is 0.621 bits per heavy atom. The summed E-state index contributed by atoms with van der Waals surface area (Å²) in [6.45, 7) is 0. The Hall–Kier alpha value is -4.00. The first kappa shape index (κ1) is 19.8. The minimum Gasteiger partial charge on any atom is -0.507 e. The van der Waals surface area contributed by atoms with E-state index >= 15 is 0 Å². The van der Waals surface area contributed by atoms with Crippen LogP contribution in [0.25, 0.3) is 0 Å². The molecular weight excluding hydrogens is 376 g/mol. The lowest BCUT2D eigenvalue weighted by molar-refractivity contribution is 0.0686. The number of carboxylic acids is 2. The van der Waals surface area contributed by atoms with Crippen LogP contribution in [0.3, 0.4) is 0 Å². The lowest BCUT2D eigenvalue weighted by Gasteiger charge is -2.14. The van der Waals surface area contributed by atoms with Crippen molar-refractivity contribution >= 4 is 11.9 Å². The van der Waals surface area contributed by atoms with Gasteiger partial charge in [-0.05, 0) is 35.4 Å². The molecule has 3 aromatic rings. The van der Waals surface area contributed by atoms with E-state index in [9.17, 15) is 24.9 Å². The van der Waals surface area contributed by atoms with Crippen molar-refractivity contribution < 1.29 is 35.1 Å². The fraction of sp³-hybridized carbons (Fsp3) is 0.0909. The number of rotatable bonds is 6. The molecule has 0 fully saturated rings.